The lowest BCUT2D eigenvalue weighted by Gasteiger charge is -2.23. The number of benzene rings is 1. The maximum absolute atomic E-state index is 13.4. The van der Waals surface area contributed by atoms with Crippen molar-refractivity contribution >= 4 is 26.8 Å². The van der Waals surface area contributed by atoms with E-state index in [9.17, 15) is 23.7 Å². The van der Waals surface area contributed by atoms with Crippen LogP contribution in [-0.4, -0.2) is 74.2 Å². The summed E-state index contributed by atoms with van der Waals surface area (Å²) in [6, 6.07) is 8.03. The highest BCUT2D eigenvalue weighted by molar-refractivity contribution is 7.91. The Morgan fingerprint density at radius 3 is 2.47 bits per heavy atom. The van der Waals surface area contributed by atoms with E-state index in [1.165, 1.54) is 23.0 Å². The smallest absolute Gasteiger partial charge is 0.256 e. The molecule has 2 fully saturated rings. The molecule has 1 aromatic carbocycles. The minimum Gasteiger partial charge on any atom is -0.394 e. The molecule has 2 aliphatic rings. The predicted octanol–water partition coefficient (Wildman–Crippen LogP) is 1.02. The van der Waals surface area contributed by atoms with Crippen molar-refractivity contribution in [2.24, 2.45) is 0 Å². The third-order valence-corrected chi connectivity index (χ3v) is 7.99. The molecule has 1 saturated carbocycles. The van der Waals surface area contributed by atoms with Crippen molar-refractivity contribution in [3.63, 3.8) is 0 Å². The third-order valence-electron chi connectivity index (χ3n) is 6.43. The highest BCUT2D eigenvalue weighted by Crippen LogP contribution is 2.34. The van der Waals surface area contributed by atoms with E-state index < -0.39 is 46.1 Å². The van der Waals surface area contributed by atoms with Crippen LogP contribution in [0.1, 0.15) is 38.3 Å². The van der Waals surface area contributed by atoms with Crippen LogP contribution in [0.4, 0.5) is 5.82 Å². The van der Waals surface area contributed by atoms with Crippen molar-refractivity contribution in [3.8, 4) is 0 Å². The molecule has 2 aromatic heterocycles. The third kappa shape index (κ3) is 4.05. The van der Waals surface area contributed by atoms with Crippen LogP contribution in [0.2, 0.25) is 0 Å². The van der Waals surface area contributed by atoms with Gasteiger partial charge in [0.15, 0.2) is 23.2 Å². The number of aliphatic hydroxyl groups is 3. The van der Waals surface area contributed by atoms with Gasteiger partial charge in [-0.2, -0.15) is 9.97 Å². The maximum atomic E-state index is 13.4. The lowest BCUT2D eigenvalue weighted by atomic mass is 9.95. The van der Waals surface area contributed by atoms with E-state index in [2.05, 4.69) is 20.3 Å². The number of aliphatic hydroxyl groups excluding tert-OH is 3. The Bertz CT molecular complexity index is 1260. The Labute approximate surface area is 196 Å². The molecular formula is C22H27N5O6S. The molecule has 1 aliphatic heterocycles. The zero-order valence-electron chi connectivity index (χ0n) is 18.4. The molecule has 4 atom stereocenters. The van der Waals surface area contributed by atoms with Crippen LogP contribution in [0.15, 0.2) is 46.7 Å². The predicted molar refractivity (Wildman–Crippen MR) is 121 cm³/mol. The molecular weight excluding hydrogens is 462 g/mol. The zero-order chi connectivity index (χ0) is 23.9. The minimum atomic E-state index is -4.05. The van der Waals surface area contributed by atoms with Crippen molar-refractivity contribution in [1.82, 2.24) is 19.5 Å². The Balaban J connectivity index is 1.63. The maximum Gasteiger partial charge on any atom is 0.256 e. The molecule has 0 amide bonds. The van der Waals surface area contributed by atoms with Gasteiger partial charge in [0.1, 0.15) is 18.3 Å². The van der Waals surface area contributed by atoms with Gasteiger partial charge in [-0.25, -0.2) is 13.4 Å². The molecule has 1 saturated heterocycles. The van der Waals surface area contributed by atoms with Crippen molar-refractivity contribution in [3.05, 3.63) is 36.7 Å². The summed E-state index contributed by atoms with van der Waals surface area (Å²) >= 11 is 0. The topological polar surface area (TPSA) is 160 Å². The molecule has 11 nitrogen and oxygen atoms in total. The van der Waals surface area contributed by atoms with Crippen molar-refractivity contribution in [2.45, 2.75) is 72.7 Å². The van der Waals surface area contributed by atoms with Crippen molar-refractivity contribution in [1.29, 1.82) is 0 Å². The summed E-state index contributed by atoms with van der Waals surface area (Å²) in [5.74, 6) is 0.289. The van der Waals surface area contributed by atoms with Crippen molar-refractivity contribution in [2.75, 3.05) is 11.9 Å². The number of nitrogens with zero attached hydrogens (tertiary/aromatic N) is 4. The normalized spacial score (nSPS) is 26.2. The lowest BCUT2D eigenvalue weighted by Crippen LogP contribution is -2.33. The summed E-state index contributed by atoms with van der Waals surface area (Å²) in [6.07, 6.45) is 1.73. The van der Waals surface area contributed by atoms with E-state index in [4.69, 9.17) is 4.74 Å². The molecule has 5 rings (SSSR count). The van der Waals surface area contributed by atoms with Gasteiger partial charge < -0.3 is 25.4 Å². The fraction of sp³-hybridized carbons (Fsp3) is 0.500. The van der Waals surface area contributed by atoms with E-state index in [-0.39, 0.29) is 22.4 Å². The van der Waals surface area contributed by atoms with Crippen LogP contribution in [0.5, 0.6) is 0 Å². The molecule has 12 heteroatoms. The molecule has 0 bridgehead atoms. The van der Waals surface area contributed by atoms with Crippen LogP contribution in [0, 0.1) is 0 Å². The molecule has 4 N–H and O–H groups in total. The monoisotopic (exact) mass is 489 g/mol. The number of sulfone groups is 1. The number of imidazole rings is 1. The van der Waals surface area contributed by atoms with Gasteiger partial charge >= 0.3 is 0 Å². The largest absolute Gasteiger partial charge is 0.394 e. The first-order valence-electron chi connectivity index (χ1n) is 11.3. The van der Waals surface area contributed by atoms with Gasteiger partial charge in [0, 0.05) is 6.04 Å². The van der Waals surface area contributed by atoms with Crippen LogP contribution >= 0.6 is 0 Å². The van der Waals surface area contributed by atoms with Crippen LogP contribution in [-0.2, 0) is 14.6 Å². The summed E-state index contributed by atoms with van der Waals surface area (Å²) in [5.41, 5.74) is 0.466. The molecule has 1 unspecified atom stereocenters. The Kier molecular flexibility index (Phi) is 6.25. The second-order valence-corrected chi connectivity index (χ2v) is 10.5. The Morgan fingerprint density at radius 2 is 1.79 bits per heavy atom. The average molecular weight is 490 g/mol. The number of ether oxygens (including phenoxy) is 1. The van der Waals surface area contributed by atoms with Gasteiger partial charge in [0.05, 0.1) is 17.8 Å². The van der Waals surface area contributed by atoms with E-state index in [0.29, 0.717) is 5.52 Å². The highest BCUT2D eigenvalue weighted by atomic mass is 32.2. The molecule has 3 heterocycles. The molecule has 0 radical (unpaired) electrons. The molecule has 1 aliphatic carbocycles. The molecule has 34 heavy (non-hydrogen) atoms. The van der Waals surface area contributed by atoms with Crippen LogP contribution in [0.25, 0.3) is 11.2 Å². The van der Waals surface area contributed by atoms with E-state index in [1.807, 2.05) is 0 Å². The summed E-state index contributed by atoms with van der Waals surface area (Å²) < 4.78 is 33.7. The molecule has 0 spiro atoms. The van der Waals surface area contributed by atoms with E-state index in [0.717, 1.165) is 32.1 Å². The van der Waals surface area contributed by atoms with Gasteiger partial charge in [-0.05, 0) is 25.0 Å². The first-order valence-corrected chi connectivity index (χ1v) is 12.8. The fourth-order valence-electron chi connectivity index (χ4n) is 4.56. The first-order chi connectivity index (χ1) is 16.4. The number of rotatable bonds is 6. The highest BCUT2D eigenvalue weighted by Gasteiger charge is 2.44. The van der Waals surface area contributed by atoms with Gasteiger partial charge in [0.25, 0.3) is 5.16 Å². The fourth-order valence-corrected chi connectivity index (χ4v) is 5.70. The van der Waals surface area contributed by atoms with Gasteiger partial charge in [-0.15, -0.1) is 0 Å². The average Bonchev–Trinajstić information content (AvgIpc) is 3.41. The standard InChI is InChI=1S/C22H27N5O6S/c28-11-15-17(29)18(30)21(33-15)27-12-23-16-19(24-13-7-3-1-4-8-13)25-22(26-20(16)27)34(31,32)14-9-5-2-6-10-14/h2,5-6,9-10,12-13,15,17-18,21,28-30H,1,3-4,7-8,11H2,(H,24,25,26)/t15-,17-,18-,21?/m1/s1. The second-order valence-electron chi connectivity index (χ2n) is 8.70. The summed E-state index contributed by atoms with van der Waals surface area (Å²) in [4.78, 5) is 13.1. The number of aromatic nitrogens is 4. The van der Waals surface area contributed by atoms with E-state index >= 15 is 0 Å². The SMILES string of the molecule is O=S(=O)(c1ccccc1)c1nc(NC2CCCCC2)c2ncn(C3O[C@H](CO)[C@@H](O)[C@H]3O)c2n1. The number of hydrogen-bond donors (Lipinski definition) is 4. The Morgan fingerprint density at radius 1 is 1.06 bits per heavy atom. The number of anilines is 1. The molecule has 182 valence electrons. The molecule has 3 aromatic rings. The van der Waals surface area contributed by atoms with Gasteiger partial charge in [-0.3, -0.25) is 4.57 Å². The van der Waals surface area contributed by atoms with Gasteiger partial charge in [-0.1, -0.05) is 37.5 Å². The summed E-state index contributed by atoms with van der Waals surface area (Å²) in [7, 11) is -4.05. The number of fused-ring (bicyclic) bond motifs is 1. The number of hydrogen-bond acceptors (Lipinski definition) is 10. The zero-order valence-corrected chi connectivity index (χ0v) is 19.2. The van der Waals surface area contributed by atoms with Gasteiger partial charge in [0.2, 0.25) is 9.84 Å². The number of nitrogens with one attached hydrogen (secondary N) is 1. The Hall–Kier alpha value is -2.64. The second kappa shape index (κ2) is 9.19. The van der Waals surface area contributed by atoms with Crippen LogP contribution < -0.4 is 5.32 Å². The van der Waals surface area contributed by atoms with Crippen LogP contribution in [0.3, 0.4) is 0 Å². The summed E-state index contributed by atoms with van der Waals surface area (Å²) in [5, 5.41) is 33.1. The van der Waals surface area contributed by atoms with Crippen molar-refractivity contribution < 1.29 is 28.5 Å². The summed E-state index contributed by atoms with van der Waals surface area (Å²) in [6.45, 7) is -0.488. The lowest BCUT2D eigenvalue weighted by molar-refractivity contribution is -0.0511. The quantitative estimate of drug-likeness (QED) is 0.368. The van der Waals surface area contributed by atoms with E-state index in [1.54, 1.807) is 18.2 Å². The first kappa shape index (κ1) is 23.1. The minimum absolute atomic E-state index is 0.0527.